The van der Waals surface area contributed by atoms with Crippen LogP contribution in [0.15, 0.2) is 231 Å². The number of benzene rings is 10. The molecule has 0 N–H and O–H groups in total. The van der Waals surface area contributed by atoms with Gasteiger partial charge >= 0.3 is 0 Å². The van der Waals surface area contributed by atoms with Gasteiger partial charge in [0.05, 0.1) is 11.0 Å². The quantitative estimate of drug-likeness (QED) is 0.148. The molecule has 0 bridgehead atoms. The first kappa shape index (κ1) is 33.6. The molecular formula is C56H38N2. The van der Waals surface area contributed by atoms with E-state index in [2.05, 4.69) is 240 Å². The number of nitrogens with zero attached hydrogens (tertiary/aromatic N) is 2. The lowest BCUT2D eigenvalue weighted by Gasteiger charge is -2.27. The summed E-state index contributed by atoms with van der Waals surface area (Å²) in [6.07, 6.45) is 0. The molecule has 0 aliphatic heterocycles. The number of hydrogen-bond acceptors (Lipinski definition) is 1. The maximum absolute atomic E-state index is 2.42. The van der Waals surface area contributed by atoms with E-state index in [1.807, 2.05) is 0 Å². The van der Waals surface area contributed by atoms with Gasteiger partial charge in [-0.3, -0.25) is 0 Å². The van der Waals surface area contributed by atoms with Crippen molar-refractivity contribution in [3.05, 3.63) is 231 Å². The fraction of sp³-hybridized carbons (Fsp3) is 0. The maximum Gasteiger partial charge on any atom is 0.0561 e. The largest absolute Gasteiger partial charge is 0.310 e. The van der Waals surface area contributed by atoms with Crippen LogP contribution in [0.4, 0.5) is 17.1 Å². The summed E-state index contributed by atoms with van der Waals surface area (Å²) in [5.74, 6) is 0. The van der Waals surface area contributed by atoms with E-state index in [-0.39, 0.29) is 0 Å². The van der Waals surface area contributed by atoms with Crippen molar-refractivity contribution in [2.24, 2.45) is 0 Å². The zero-order chi connectivity index (χ0) is 38.4. The Labute approximate surface area is 338 Å². The smallest absolute Gasteiger partial charge is 0.0561 e. The molecular weight excluding hydrogens is 701 g/mol. The van der Waals surface area contributed by atoms with Gasteiger partial charge in [-0.2, -0.15) is 0 Å². The Balaban J connectivity index is 1.13. The highest BCUT2D eigenvalue weighted by atomic mass is 15.1. The predicted molar refractivity (Wildman–Crippen MR) is 247 cm³/mol. The Morgan fingerprint density at radius 3 is 1.57 bits per heavy atom. The number of anilines is 3. The summed E-state index contributed by atoms with van der Waals surface area (Å²) in [4.78, 5) is 2.42. The molecule has 0 aliphatic carbocycles. The summed E-state index contributed by atoms with van der Waals surface area (Å²) in [5.41, 5.74) is 13.9. The van der Waals surface area contributed by atoms with Gasteiger partial charge in [0.15, 0.2) is 0 Å². The molecule has 11 rings (SSSR count). The molecule has 58 heavy (non-hydrogen) atoms. The van der Waals surface area contributed by atoms with Crippen LogP contribution in [0.3, 0.4) is 0 Å². The van der Waals surface area contributed by atoms with Gasteiger partial charge in [-0.05, 0) is 110 Å². The van der Waals surface area contributed by atoms with Gasteiger partial charge in [-0.1, -0.05) is 176 Å². The van der Waals surface area contributed by atoms with Gasteiger partial charge in [-0.25, -0.2) is 0 Å². The van der Waals surface area contributed by atoms with Crippen LogP contribution in [0.1, 0.15) is 0 Å². The van der Waals surface area contributed by atoms with Gasteiger partial charge in [0.1, 0.15) is 0 Å². The predicted octanol–water partition coefficient (Wildman–Crippen LogP) is 15.6. The van der Waals surface area contributed by atoms with Crippen LogP contribution < -0.4 is 4.90 Å². The minimum atomic E-state index is 1.09. The molecule has 2 heteroatoms. The molecule has 0 atom stereocenters. The molecule has 0 radical (unpaired) electrons. The summed E-state index contributed by atoms with van der Waals surface area (Å²) in [6, 6.07) is 83.7. The van der Waals surface area contributed by atoms with E-state index in [1.54, 1.807) is 0 Å². The van der Waals surface area contributed by atoms with E-state index in [9.17, 15) is 0 Å². The van der Waals surface area contributed by atoms with Gasteiger partial charge in [0.2, 0.25) is 0 Å². The fourth-order valence-corrected chi connectivity index (χ4v) is 8.92. The average Bonchev–Trinajstić information content (AvgIpc) is 3.63. The van der Waals surface area contributed by atoms with Crippen molar-refractivity contribution in [3.63, 3.8) is 0 Å². The normalized spacial score (nSPS) is 11.4. The first-order valence-electron chi connectivity index (χ1n) is 19.9. The lowest BCUT2D eigenvalue weighted by atomic mass is 9.94. The van der Waals surface area contributed by atoms with Crippen LogP contribution in [0.25, 0.3) is 82.4 Å². The van der Waals surface area contributed by atoms with Gasteiger partial charge in [-0.15, -0.1) is 0 Å². The molecule has 0 aliphatic rings. The van der Waals surface area contributed by atoms with E-state index in [4.69, 9.17) is 0 Å². The first-order chi connectivity index (χ1) is 28.8. The topological polar surface area (TPSA) is 8.17 Å². The zero-order valence-corrected chi connectivity index (χ0v) is 31.8. The van der Waals surface area contributed by atoms with Crippen molar-refractivity contribution in [2.45, 2.75) is 0 Å². The second kappa shape index (κ2) is 14.1. The minimum absolute atomic E-state index is 1.09. The molecule has 11 aromatic rings. The summed E-state index contributed by atoms with van der Waals surface area (Å²) in [7, 11) is 0. The van der Waals surface area contributed by atoms with Gasteiger partial charge in [0.25, 0.3) is 0 Å². The highest BCUT2D eigenvalue weighted by Crippen LogP contribution is 2.43. The summed E-state index contributed by atoms with van der Waals surface area (Å²) >= 11 is 0. The molecule has 10 aromatic carbocycles. The number of hydrogen-bond donors (Lipinski definition) is 0. The summed E-state index contributed by atoms with van der Waals surface area (Å²) < 4.78 is 2.40. The molecule has 272 valence electrons. The van der Waals surface area contributed by atoms with Crippen LogP contribution in [0, 0.1) is 0 Å². The molecule has 1 aromatic heterocycles. The van der Waals surface area contributed by atoms with Crippen molar-refractivity contribution in [3.8, 4) is 39.1 Å². The molecule has 0 saturated heterocycles. The van der Waals surface area contributed by atoms with Crippen LogP contribution in [0.5, 0.6) is 0 Å². The van der Waals surface area contributed by atoms with Crippen LogP contribution >= 0.6 is 0 Å². The highest BCUT2D eigenvalue weighted by molar-refractivity contribution is 6.13. The lowest BCUT2D eigenvalue weighted by Crippen LogP contribution is -2.10. The lowest BCUT2D eigenvalue weighted by molar-refractivity contribution is 1.18. The Kier molecular flexibility index (Phi) is 8.19. The number of rotatable bonds is 7. The molecule has 0 fully saturated rings. The van der Waals surface area contributed by atoms with Crippen LogP contribution in [0.2, 0.25) is 0 Å². The number of fused-ring (bicyclic) bond motifs is 6. The van der Waals surface area contributed by atoms with Crippen LogP contribution in [-0.2, 0) is 0 Å². The zero-order valence-electron chi connectivity index (χ0n) is 31.8. The van der Waals surface area contributed by atoms with Crippen molar-refractivity contribution in [1.82, 2.24) is 4.57 Å². The van der Waals surface area contributed by atoms with Crippen molar-refractivity contribution in [2.75, 3.05) is 4.90 Å². The van der Waals surface area contributed by atoms with E-state index < -0.39 is 0 Å². The molecule has 1 heterocycles. The Bertz CT molecular complexity index is 3290. The van der Waals surface area contributed by atoms with Crippen molar-refractivity contribution in [1.29, 1.82) is 0 Å². The third-order valence-corrected chi connectivity index (χ3v) is 11.6. The number of aromatic nitrogens is 1. The second-order valence-electron chi connectivity index (χ2n) is 14.9. The standard InChI is InChI=1S/C56H38N2/c1-3-16-39(17-4-1)47-25-9-10-27-49(47)41-19-13-23-44(36-41)57(46-33-35-54-53-28-11-12-31-55(53)58(56(54)38-46)43-21-5-2-6-22-43)45-24-14-20-42(37-45)50-29-15-30-51-48-26-8-7-18-40(48)32-34-52(50)51/h1-38H. The van der Waals surface area contributed by atoms with E-state index in [1.165, 1.54) is 71.2 Å². The Hall–Kier alpha value is -7.68. The molecule has 0 unspecified atom stereocenters. The summed E-state index contributed by atoms with van der Waals surface area (Å²) in [6.45, 7) is 0. The molecule has 0 spiro atoms. The van der Waals surface area contributed by atoms with E-state index in [0.717, 1.165) is 28.3 Å². The molecule has 2 nitrogen and oxygen atoms in total. The van der Waals surface area contributed by atoms with E-state index in [0.29, 0.717) is 0 Å². The fourth-order valence-electron chi connectivity index (χ4n) is 8.92. The Morgan fingerprint density at radius 2 is 0.793 bits per heavy atom. The minimum Gasteiger partial charge on any atom is -0.310 e. The number of para-hydroxylation sites is 2. The van der Waals surface area contributed by atoms with Crippen LogP contribution in [-0.4, -0.2) is 4.57 Å². The third-order valence-electron chi connectivity index (χ3n) is 11.6. The van der Waals surface area contributed by atoms with Gasteiger partial charge in [0, 0.05) is 33.5 Å². The van der Waals surface area contributed by atoms with Gasteiger partial charge < -0.3 is 9.47 Å². The Morgan fingerprint density at radius 1 is 0.276 bits per heavy atom. The van der Waals surface area contributed by atoms with Crippen molar-refractivity contribution >= 4 is 60.4 Å². The van der Waals surface area contributed by atoms with E-state index >= 15 is 0 Å². The summed E-state index contributed by atoms with van der Waals surface area (Å²) in [5, 5.41) is 7.51. The molecule has 0 saturated carbocycles. The molecule has 0 amide bonds. The van der Waals surface area contributed by atoms with Crippen molar-refractivity contribution < 1.29 is 0 Å². The first-order valence-corrected chi connectivity index (χ1v) is 19.9. The average molecular weight is 739 g/mol. The highest BCUT2D eigenvalue weighted by Gasteiger charge is 2.19. The third kappa shape index (κ3) is 5.74. The second-order valence-corrected chi connectivity index (χ2v) is 14.9. The maximum atomic E-state index is 2.42. The monoisotopic (exact) mass is 738 g/mol. The SMILES string of the molecule is c1ccc(-c2ccccc2-c2cccc(N(c3cccc(-c4cccc5c4ccc4ccccc45)c3)c3ccc4c5ccccc5n(-c5ccccc5)c4c3)c2)cc1.